The fourth-order valence-electron chi connectivity index (χ4n) is 2.30. The van der Waals surface area contributed by atoms with Crippen LogP contribution in [0.3, 0.4) is 0 Å². The van der Waals surface area contributed by atoms with Gasteiger partial charge in [-0.1, -0.05) is 0 Å². The fourth-order valence-corrected chi connectivity index (χ4v) is 3.77. The Labute approximate surface area is 102 Å². The van der Waals surface area contributed by atoms with E-state index < -0.39 is 10.0 Å². The number of hydrogen-bond donors (Lipinski definition) is 1. The topological polar surface area (TPSA) is 69.7 Å². The normalized spacial score (nSPS) is 28.4. The number of amides is 1. The van der Waals surface area contributed by atoms with Crippen molar-refractivity contribution in [3.8, 4) is 0 Å². The molecule has 1 amide bonds. The number of nitrogens with one attached hydrogen (secondary N) is 1. The van der Waals surface area contributed by atoms with E-state index in [-0.39, 0.29) is 24.2 Å². The van der Waals surface area contributed by atoms with Gasteiger partial charge in [0, 0.05) is 26.2 Å². The monoisotopic (exact) mass is 261 g/mol. The number of likely N-dealkylation sites (N-methyl/N-ethyl adjacent to an activating group) is 1. The van der Waals surface area contributed by atoms with Gasteiger partial charge >= 0.3 is 0 Å². The summed E-state index contributed by atoms with van der Waals surface area (Å²) in [7, 11) is -1.42. The predicted octanol–water partition coefficient (Wildman–Crippen LogP) is -1.16. The van der Waals surface area contributed by atoms with Gasteiger partial charge < -0.3 is 10.2 Å². The quantitative estimate of drug-likeness (QED) is 0.696. The van der Waals surface area contributed by atoms with Crippen LogP contribution in [0.5, 0.6) is 0 Å². The molecule has 6 nitrogen and oxygen atoms in total. The summed E-state index contributed by atoms with van der Waals surface area (Å²) in [4.78, 5) is 13.6. The van der Waals surface area contributed by atoms with Gasteiger partial charge in [0.2, 0.25) is 15.9 Å². The number of carbonyl (C=O) groups excluding carboxylic acids is 1. The molecule has 0 aromatic carbocycles. The summed E-state index contributed by atoms with van der Waals surface area (Å²) in [5.41, 5.74) is 0. The lowest BCUT2D eigenvalue weighted by Gasteiger charge is -2.25. The lowest BCUT2D eigenvalue weighted by Crippen LogP contribution is -2.44. The van der Waals surface area contributed by atoms with Crippen LogP contribution in [-0.2, 0) is 14.8 Å². The van der Waals surface area contributed by atoms with E-state index in [1.54, 1.807) is 11.9 Å². The first-order chi connectivity index (χ1) is 8.00. The Morgan fingerprint density at radius 3 is 2.82 bits per heavy atom. The van der Waals surface area contributed by atoms with Crippen LogP contribution < -0.4 is 5.32 Å². The highest BCUT2D eigenvalue weighted by Crippen LogP contribution is 2.14. The second kappa shape index (κ2) is 4.91. The first-order valence-corrected chi connectivity index (χ1v) is 7.56. The van der Waals surface area contributed by atoms with E-state index in [2.05, 4.69) is 5.32 Å². The summed E-state index contributed by atoms with van der Waals surface area (Å²) >= 11 is 0. The SMILES string of the molecule is CN(C(=O)CN1CCCS1(=O)=O)C1CCNC1. The molecule has 0 aliphatic carbocycles. The first kappa shape index (κ1) is 12.8. The summed E-state index contributed by atoms with van der Waals surface area (Å²) in [5, 5.41) is 3.19. The molecule has 0 aromatic heterocycles. The minimum Gasteiger partial charge on any atom is -0.340 e. The molecular weight excluding hydrogens is 242 g/mol. The molecule has 0 aromatic rings. The van der Waals surface area contributed by atoms with Crippen LogP contribution in [0, 0.1) is 0 Å². The van der Waals surface area contributed by atoms with Gasteiger partial charge in [-0.25, -0.2) is 8.42 Å². The first-order valence-electron chi connectivity index (χ1n) is 5.95. The van der Waals surface area contributed by atoms with Crippen molar-refractivity contribution in [1.29, 1.82) is 0 Å². The molecule has 1 N–H and O–H groups in total. The predicted molar refractivity (Wildman–Crippen MR) is 64.0 cm³/mol. The molecule has 0 saturated carbocycles. The van der Waals surface area contributed by atoms with Crippen LogP contribution in [0.25, 0.3) is 0 Å². The van der Waals surface area contributed by atoms with Gasteiger partial charge in [-0.3, -0.25) is 4.79 Å². The highest BCUT2D eigenvalue weighted by molar-refractivity contribution is 7.89. The third kappa shape index (κ3) is 2.78. The fraction of sp³-hybridized carbons (Fsp3) is 0.900. The van der Waals surface area contributed by atoms with Crippen molar-refractivity contribution in [2.24, 2.45) is 0 Å². The maximum atomic E-state index is 12.0. The standard InChI is InChI=1S/C10H19N3O3S/c1-12(9-3-4-11-7-9)10(14)8-13-5-2-6-17(13,15)16/h9,11H,2-8H2,1H3. The minimum atomic E-state index is -3.17. The Bertz CT molecular complexity index is 390. The van der Waals surface area contributed by atoms with Gasteiger partial charge in [0.1, 0.15) is 0 Å². The van der Waals surface area contributed by atoms with Gasteiger partial charge in [0.15, 0.2) is 0 Å². The van der Waals surface area contributed by atoms with Gasteiger partial charge in [-0.2, -0.15) is 4.31 Å². The summed E-state index contributed by atoms with van der Waals surface area (Å²) in [6, 6.07) is 0.202. The molecule has 1 atom stereocenters. The van der Waals surface area contributed by atoms with Crippen molar-refractivity contribution in [3.05, 3.63) is 0 Å². The van der Waals surface area contributed by atoms with Gasteiger partial charge in [0.05, 0.1) is 12.3 Å². The van der Waals surface area contributed by atoms with Crippen LogP contribution in [0.2, 0.25) is 0 Å². The molecular formula is C10H19N3O3S. The van der Waals surface area contributed by atoms with Crippen LogP contribution in [0.1, 0.15) is 12.8 Å². The zero-order chi connectivity index (χ0) is 12.5. The Balaban J connectivity index is 1.92. The second-order valence-electron chi connectivity index (χ2n) is 4.65. The molecule has 1 unspecified atom stereocenters. The molecule has 2 saturated heterocycles. The number of carbonyl (C=O) groups is 1. The van der Waals surface area contributed by atoms with Crippen molar-refractivity contribution in [1.82, 2.24) is 14.5 Å². The number of sulfonamides is 1. The number of hydrogen-bond acceptors (Lipinski definition) is 4. The molecule has 2 heterocycles. The molecule has 98 valence electrons. The van der Waals surface area contributed by atoms with Crippen LogP contribution in [-0.4, -0.2) is 68.6 Å². The lowest BCUT2D eigenvalue weighted by atomic mass is 10.2. The zero-order valence-corrected chi connectivity index (χ0v) is 10.9. The Morgan fingerprint density at radius 2 is 2.29 bits per heavy atom. The lowest BCUT2D eigenvalue weighted by molar-refractivity contribution is -0.131. The number of rotatable bonds is 3. The average molecular weight is 261 g/mol. The van der Waals surface area contributed by atoms with E-state index in [9.17, 15) is 13.2 Å². The summed E-state index contributed by atoms with van der Waals surface area (Å²) in [5.74, 6) is 0.0683. The van der Waals surface area contributed by atoms with Crippen LogP contribution >= 0.6 is 0 Å². The molecule has 2 rings (SSSR count). The average Bonchev–Trinajstić information content (AvgIpc) is 2.88. The van der Waals surface area contributed by atoms with Crippen molar-refractivity contribution in [3.63, 3.8) is 0 Å². The maximum Gasteiger partial charge on any atom is 0.237 e. The Kier molecular flexibility index (Phi) is 3.70. The van der Waals surface area contributed by atoms with Crippen molar-refractivity contribution >= 4 is 15.9 Å². The van der Waals surface area contributed by atoms with Gasteiger partial charge in [-0.05, 0) is 19.4 Å². The van der Waals surface area contributed by atoms with Crippen LogP contribution in [0.15, 0.2) is 0 Å². The van der Waals surface area contributed by atoms with Gasteiger partial charge in [-0.15, -0.1) is 0 Å². The Hall–Kier alpha value is -0.660. The van der Waals surface area contributed by atoms with Crippen molar-refractivity contribution < 1.29 is 13.2 Å². The van der Waals surface area contributed by atoms with E-state index in [1.165, 1.54) is 4.31 Å². The van der Waals surface area contributed by atoms with E-state index in [0.29, 0.717) is 13.0 Å². The van der Waals surface area contributed by atoms with E-state index in [0.717, 1.165) is 19.5 Å². The highest BCUT2D eigenvalue weighted by Gasteiger charge is 2.32. The molecule has 0 radical (unpaired) electrons. The third-order valence-electron chi connectivity index (χ3n) is 3.49. The smallest absolute Gasteiger partial charge is 0.237 e. The zero-order valence-electron chi connectivity index (χ0n) is 10.1. The second-order valence-corrected chi connectivity index (χ2v) is 6.74. The molecule has 2 fully saturated rings. The number of nitrogens with zero attached hydrogens (tertiary/aromatic N) is 2. The molecule has 7 heteroatoms. The largest absolute Gasteiger partial charge is 0.340 e. The molecule has 0 spiro atoms. The molecule has 2 aliphatic rings. The van der Waals surface area contributed by atoms with E-state index in [1.807, 2.05) is 0 Å². The highest BCUT2D eigenvalue weighted by atomic mass is 32.2. The minimum absolute atomic E-state index is 0.00463. The third-order valence-corrected chi connectivity index (χ3v) is 5.39. The van der Waals surface area contributed by atoms with E-state index >= 15 is 0 Å². The van der Waals surface area contributed by atoms with Crippen molar-refractivity contribution in [2.45, 2.75) is 18.9 Å². The van der Waals surface area contributed by atoms with Gasteiger partial charge in [0.25, 0.3) is 0 Å². The van der Waals surface area contributed by atoms with E-state index in [4.69, 9.17) is 0 Å². The van der Waals surface area contributed by atoms with Crippen LogP contribution in [0.4, 0.5) is 0 Å². The molecule has 0 bridgehead atoms. The summed E-state index contributed by atoms with van der Waals surface area (Å²) in [6.07, 6.45) is 1.57. The summed E-state index contributed by atoms with van der Waals surface area (Å²) < 4.78 is 24.5. The Morgan fingerprint density at radius 1 is 1.53 bits per heavy atom. The maximum absolute atomic E-state index is 12.0. The van der Waals surface area contributed by atoms with Crippen molar-refractivity contribution in [2.75, 3.05) is 39.0 Å². The summed E-state index contributed by atoms with van der Waals surface area (Å²) in [6.45, 7) is 2.19. The molecule has 2 aliphatic heterocycles. The molecule has 17 heavy (non-hydrogen) atoms.